The standard InChI is InChI=1S/C7H10F3NO3/c1-13-4-5-2-3-11(5)14-6(12)7(8,9)10/h5H,2-4H2,1H3/t5-/m1/s1. The normalized spacial score (nSPS) is 23.0. The second kappa shape index (κ2) is 4.14. The number of carbonyl (C=O) groups excluding carboxylic acids is 1. The fourth-order valence-corrected chi connectivity index (χ4v) is 1.05. The molecule has 0 saturated carbocycles. The monoisotopic (exact) mass is 213 g/mol. The highest BCUT2D eigenvalue weighted by Gasteiger charge is 2.44. The molecule has 0 N–H and O–H groups in total. The molecule has 7 heteroatoms. The molecule has 0 amide bonds. The molecule has 0 spiro atoms. The van der Waals surface area contributed by atoms with Gasteiger partial charge in [-0.1, -0.05) is 0 Å². The summed E-state index contributed by atoms with van der Waals surface area (Å²) in [6.07, 6.45) is -4.27. The molecule has 0 bridgehead atoms. The number of carbonyl (C=O) groups is 1. The first kappa shape index (κ1) is 11.3. The molecule has 1 fully saturated rings. The third-order valence-corrected chi connectivity index (χ3v) is 1.88. The zero-order valence-corrected chi connectivity index (χ0v) is 7.50. The Labute approximate surface area is 78.5 Å². The molecular weight excluding hydrogens is 203 g/mol. The number of rotatable bonds is 3. The lowest BCUT2D eigenvalue weighted by atomic mass is 10.1. The second-order valence-electron chi connectivity index (χ2n) is 2.92. The summed E-state index contributed by atoms with van der Waals surface area (Å²) in [4.78, 5) is 14.5. The Bertz CT molecular complexity index is 219. The van der Waals surface area contributed by atoms with Crippen molar-refractivity contribution in [3.05, 3.63) is 0 Å². The molecule has 0 aromatic rings. The van der Waals surface area contributed by atoms with Crippen LogP contribution in [0.1, 0.15) is 6.42 Å². The Hall–Kier alpha value is -0.820. The Balaban J connectivity index is 2.35. The number of methoxy groups -OCH3 is 1. The first-order chi connectivity index (χ1) is 6.45. The van der Waals surface area contributed by atoms with Crippen LogP contribution in [0.15, 0.2) is 0 Å². The Kier molecular flexibility index (Phi) is 3.33. The van der Waals surface area contributed by atoms with Gasteiger partial charge >= 0.3 is 12.1 Å². The summed E-state index contributed by atoms with van der Waals surface area (Å²) in [5, 5.41) is 0.985. The Morgan fingerprint density at radius 1 is 1.57 bits per heavy atom. The summed E-state index contributed by atoms with van der Waals surface area (Å²) in [5.41, 5.74) is 0. The highest BCUT2D eigenvalue weighted by molar-refractivity contribution is 5.75. The van der Waals surface area contributed by atoms with Gasteiger partial charge in [0.05, 0.1) is 12.6 Å². The molecular formula is C7H10F3NO3. The number of hydrogen-bond donors (Lipinski definition) is 0. The van der Waals surface area contributed by atoms with Crippen molar-refractivity contribution in [3.8, 4) is 0 Å². The van der Waals surface area contributed by atoms with Crippen LogP contribution in [0, 0.1) is 0 Å². The van der Waals surface area contributed by atoms with Crippen molar-refractivity contribution >= 4 is 5.97 Å². The van der Waals surface area contributed by atoms with Crippen LogP contribution in [-0.2, 0) is 14.4 Å². The number of ether oxygens (including phenoxy) is 1. The van der Waals surface area contributed by atoms with Gasteiger partial charge < -0.3 is 9.57 Å². The molecule has 1 atom stereocenters. The largest absolute Gasteiger partial charge is 0.492 e. The number of halogens is 3. The van der Waals surface area contributed by atoms with Gasteiger partial charge in [0.1, 0.15) is 0 Å². The van der Waals surface area contributed by atoms with E-state index in [0.717, 1.165) is 5.06 Å². The number of nitrogens with zero attached hydrogens (tertiary/aromatic N) is 1. The summed E-state index contributed by atoms with van der Waals surface area (Å²) in [7, 11) is 1.43. The van der Waals surface area contributed by atoms with Gasteiger partial charge in [-0.25, -0.2) is 4.79 Å². The minimum Gasteiger partial charge on any atom is -0.383 e. The second-order valence-corrected chi connectivity index (χ2v) is 2.92. The smallest absolute Gasteiger partial charge is 0.383 e. The molecule has 1 rings (SSSR count). The fourth-order valence-electron chi connectivity index (χ4n) is 1.05. The van der Waals surface area contributed by atoms with Crippen LogP contribution in [0.25, 0.3) is 0 Å². The summed E-state index contributed by atoms with van der Waals surface area (Å²) in [6.45, 7) is 0.570. The van der Waals surface area contributed by atoms with E-state index in [9.17, 15) is 18.0 Å². The van der Waals surface area contributed by atoms with Crippen molar-refractivity contribution in [2.75, 3.05) is 20.3 Å². The van der Waals surface area contributed by atoms with E-state index in [4.69, 9.17) is 4.74 Å². The lowest BCUT2D eigenvalue weighted by molar-refractivity contribution is -0.267. The van der Waals surface area contributed by atoms with Gasteiger partial charge in [0.15, 0.2) is 0 Å². The van der Waals surface area contributed by atoms with E-state index in [1.54, 1.807) is 0 Å². The molecule has 82 valence electrons. The van der Waals surface area contributed by atoms with E-state index in [2.05, 4.69) is 4.84 Å². The minimum absolute atomic E-state index is 0.255. The zero-order chi connectivity index (χ0) is 10.8. The van der Waals surface area contributed by atoms with Gasteiger partial charge in [0.25, 0.3) is 0 Å². The average Bonchev–Trinajstić information content (AvgIpc) is 2.06. The number of alkyl halides is 3. The number of hydroxylamine groups is 2. The molecule has 0 radical (unpaired) electrons. The topological polar surface area (TPSA) is 38.8 Å². The first-order valence-electron chi connectivity index (χ1n) is 4.00. The van der Waals surface area contributed by atoms with E-state index in [1.807, 2.05) is 0 Å². The van der Waals surface area contributed by atoms with Gasteiger partial charge in [0, 0.05) is 13.7 Å². The van der Waals surface area contributed by atoms with E-state index < -0.39 is 12.1 Å². The lowest BCUT2D eigenvalue weighted by Crippen LogP contribution is -2.52. The first-order valence-corrected chi connectivity index (χ1v) is 4.00. The summed E-state index contributed by atoms with van der Waals surface area (Å²) < 4.78 is 40.0. The highest BCUT2D eigenvalue weighted by atomic mass is 19.4. The van der Waals surface area contributed by atoms with Crippen LogP contribution in [0.4, 0.5) is 13.2 Å². The van der Waals surface area contributed by atoms with Crippen molar-refractivity contribution in [1.29, 1.82) is 0 Å². The third-order valence-electron chi connectivity index (χ3n) is 1.88. The van der Waals surface area contributed by atoms with Gasteiger partial charge in [-0.05, 0) is 6.42 Å². The predicted molar refractivity (Wildman–Crippen MR) is 39.1 cm³/mol. The Morgan fingerprint density at radius 2 is 2.21 bits per heavy atom. The quantitative estimate of drug-likeness (QED) is 0.692. The van der Waals surface area contributed by atoms with Crippen molar-refractivity contribution in [2.45, 2.75) is 18.6 Å². The number of hydrogen-bond acceptors (Lipinski definition) is 4. The summed E-state index contributed by atoms with van der Waals surface area (Å²) >= 11 is 0. The van der Waals surface area contributed by atoms with Gasteiger partial charge in [-0.15, -0.1) is 5.06 Å². The average molecular weight is 213 g/mol. The molecule has 14 heavy (non-hydrogen) atoms. The summed E-state index contributed by atoms with van der Waals surface area (Å²) in [5.74, 6) is -2.18. The molecule has 1 heterocycles. The van der Waals surface area contributed by atoms with Crippen molar-refractivity contribution < 1.29 is 27.5 Å². The molecule has 1 saturated heterocycles. The minimum atomic E-state index is -4.94. The lowest BCUT2D eigenvalue weighted by Gasteiger charge is -2.37. The van der Waals surface area contributed by atoms with Crippen LogP contribution in [0.5, 0.6) is 0 Å². The maximum absolute atomic E-state index is 11.8. The molecule has 1 aliphatic rings. The zero-order valence-electron chi connectivity index (χ0n) is 7.50. The van der Waals surface area contributed by atoms with E-state index in [1.165, 1.54) is 7.11 Å². The molecule has 0 aromatic heterocycles. The van der Waals surface area contributed by atoms with Crippen LogP contribution < -0.4 is 0 Å². The van der Waals surface area contributed by atoms with Gasteiger partial charge in [-0.3, -0.25) is 0 Å². The SMILES string of the molecule is COC[C@H]1CCN1OC(=O)C(F)(F)F. The van der Waals surface area contributed by atoms with Gasteiger partial charge in [0.2, 0.25) is 0 Å². The maximum Gasteiger partial charge on any atom is 0.492 e. The Morgan fingerprint density at radius 3 is 2.57 bits per heavy atom. The molecule has 0 aromatic carbocycles. The molecule has 0 unspecified atom stereocenters. The fraction of sp³-hybridized carbons (Fsp3) is 0.857. The predicted octanol–water partition coefficient (Wildman–Crippen LogP) is 0.728. The van der Waals surface area contributed by atoms with Gasteiger partial charge in [-0.2, -0.15) is 13.2 Å². The van der Waals surface area contributed by atoms with E-state index >= 15 is 0 Å². The van der Waals surface area contributed by atoms with E-state index in [-0.39, 0.29) is 12.6 Å². The van der Waals surface area contributed by atoms with Crippen LogP contribution >= 0.6 is 0 Å². The molecule has 1 aliphatic heterocycles. The maximum atomic E-state index is 11.8. The van der Waals surface area contributed by atoms with E-state index in [0.29, 0.717) is 13.0 Å². The highest BCUT2D eigenvalue weighted by Crippen LogP contribution is 2.23. The molecule has 0 aliphatic carbocycles. The van der Waals surface area contributed by atoms with Crippen LogP contribution in [0.3, 0.4) is 0 Å². The van der Waals surface area contributed by atoms with Crippen molar-refractivity contribution in [2.24, 2.45) is 0 Å². The molecule has 4 nitrogen and oxygen atoms in total. The van der Waals surface area contributed by atoms with Crippen LogP contribution in [0.2, 0.25) is 0 Å². The van der Waals surface area contributed by atoms with Crippen molar-refractivity contribution in [1.82, 2.24) is 5.06 Å². The van der Waals surface area contributed by atoms with Crippen LogP contribution in [-0.4, -0.2) is 43.5 Å². The van der Waals surface area contributed by atoms with Crippen molar-refractivity contribution in [3.63, 3.8) is 0 Å². The third kappa shape index (κ3) is 2.58. The summed E-state index contributed by atoms with van der Waals surface area (Å²) in [6, 6.07) is -0.258.